The smallest absolute Gasteiger partial charge is 0.297 e. The number of aliphatic hydroxyl groups excluding tert-OH is 1. The Morgan fingerprint density at radius 3 is 2.82 bits per heavy atom. The molecule has 1 fully saturated rings. The van der Waals surface area contributed by atoms with Crippen LogP contribution in [-0.4, -0.2) is 88.3 Å². The number of piperidine rings is 1. The third-order valence-electron chi connectivity index (χ3n) is 7.47. The molecule has 3 unspecified atom stereocenters. The molecule has 3 atom stereocenters. The number of rotatable bonds is 9. The number of hydrogen-bond acceptors (Lipinski definition) is 9. The zero-order valence-electron chi connectivity index (χ0n) is 23.1. The van der Waals surface area contributed by atoms with Crippen LogP contribution in [0.1, 0.15) is 30.4 Å². The first-order valence-corrected chi connectivity index (χ1v) is 13.8. The summed E-state index contributed by atoms with van der Waals surface area (Å²) in [6.07, 6.45) is 2.30. The molecule has 0 amide bonds. The SMILES string of the molecule is COCCCN1CCOc2ccc(COC3CNCC(O)C3c3ccc(OC4=NC(C)=CCN4C)cc3)cc21. The zero-order chi connectivity index (χ0) is 27.2. The first-order chi connectivity index (χ1) is 19.0. The van der Waals surface area contributed by atoms with Gasteiger partial charge in [-0.2, -0.15) is 0 Å². The highest BCUT2D eigenvalue weighted by atomic mass is 16.5. The van der Waals surface area contributed by atoms with Gasteiger partial charge < -0.3 is 39.2 Å². The monoisotopic (exact) mass is 536 g/mol. The van der Waals surface area contributed by atoms with E-state index >= 15 is 0 Å². The number of aliphatic imine (C=N–C) groups is 1. The number of β-amino-alcohol motifs (C(OH)–C–C–N with tert-alkyl or cyclic N) is 1. The van der Waals surface area contributed by atoms with Gasteiger partial charge in [0.15, 0.2) is 0 Å². The van der Waals surface area contributed by atoms with Crippen LogP contribution >= 0.6 is 0 Å². The van der Waals surface area contributed by atoms with E-state index in [1.807, 2.05) is 49.2 Å². The molecule has 39 heavy (non-hydrogen) atoms. The van der Waals surface area contributed by atoms with Crippen molar-refractivity contribution < 1.29 is 24.1 Å². The van der Waals surface area contributed by atoms with Gasteiger partial charge in [0.1, 0.15) is 18.1 Å². The highest BCUT2D eigenvalue weighted by Gasteiger charge is 2.34. The zero-order valence-corrected chi connectivity index (χ0v) is 23.1. The number of aliphatic hydroxyl groups is 1. The van der Waals surface area contributed by atoms with Gasteiger partial charge in [0, 0.05) is 58.6 Å². The van der Waals surface area contributed by atoms with E-state index in [9.17, 15) is 5.11 Å². The molecule has 2 N–H and O–H groups in total. The third-order valence-corrected chi connectivity index (χ3v) is 7.47. The number of fused-ring (bicyclic) bond motifs is 1. The number of methoxy groups -OCH3 is 1. The Hall–Kier alpha value is -3.11. The minimum atomic E-state index is -0.551. The standard InChI is InChI=1S/C30H40N4O5/c1-21-11-13-33(2)30(32-21)39-24-8-6-23(7-9-24)29-26(35)18-31-19-28(29)38-20-22-5-10-27-25(17-22)34(14-16-37-27)12-4-15-36-3/h5-11,17,26,28-29,31,35H,4,12-16,18-20H2,1-3H3. The summed E-state index contributed by atoms with van der Waals surface area (Å²) < 4.78 is 23.6. The van der Waals surface area contributed by atoms with E-state index in [1.54, 1.807) is 7.11 Å². The number of ether oxygens (including phenoxy) is 4. The summed E-state index contributed by atoms with van der Waals surface area (Å²) in [5, 5.41) is 14.3. The van der Waals surface area contributed by atoms with Crippen LogP contribution in [0.2, 0.25) is 0 Å². The van der Waals surface area contributed by atoms with E-state index in [1.165, 1.54) is 0 Å². The first kappa shape index (κ1) is 27.5. The highest BCUT2D eigenvalue weighted by Crippen LogP contribution is 2.34. The van der Waals surface area contributed by atoms with Crippen molar-refractivity contribution in [1.29, 1.82) is 0 Å². The second-order valence-corrected chi connectivity index (χ2v) is 10.4. The first-order valence-electron chi connectivity index (χ1n) is 13.8. The number of benzene rings is 2. The van der Waals surface area contributed by atoms with Gasteiger partial charge in [0.25, 0.3) is 6.02 Å². The molecule has 2 aromatic rings. The lowest BCUT2D eigenvalue weighted by Gasteiger charge is -2.36. The quantitative estimate of drug-likeness (QED) is 0.473. The molecule has 3 aliphatic rings. The van der Waals surface area contributed by atoms with Crippen LogP contribution in [0, 0.1) is 0 Å². The molecule has 1 saturated heterocycles. The number of anilines is 1. The minimum Gasteiger partial charge on any atom is -0.490 e. The molecule has 3 aliphatic heterocycles. The summed E-state index contributed by atoms with van der Waals surface area (Å²) in [5.41, 5.74) is 4.16. The van der Waals surface area contributed by atoms with Crippen LogP contribution in [0.3, 0.4) is 0 Å². The molecule has 0 radical (unpaired) electrons. The molecule has 5 rings (SSSR count). The predicted octanol–water partition coefficient (Wildman–Crippen LogP) is 3.14. The molecular formula is C30H40N4O5. The fourth-order valence-corrected chi connectivity index (χ4v) is 5.31. The Labute approximate surface area is 231 Å². The van der Waals surface area contributed by atoms with Crippen LogP contribution in [0.25, 0.3) is 0 Å². The van der Waals surface area contributed by atoms with Crippen molar-refractivity contribution in [3.05, 3.63) is 65.4 Å². The Bertz CT molecular complexity index is 1170. The van der Waals surface area contributed by atoms with Gasteiger partial charge in [-0.25, -0.2) is 4.99 Å². The van der Waals surface area contributed by atoms with Gasteiger partial charge in [-0.1, -0.05) is 18.2 Å². The van der Waals surface area contributed by atoms with E-state index in [4.69, 9.17) is 18.9 Å². The maximum absolute atomic E-state index is 10.9. The molecule has 3 heterocycles. The molecular weight excluding hydrogens is 496 g/mol. The Balaban J connectivity index is 1.25. The number of amidine groups is 1. The average molecular weight is 537 g/mol. The topological polar surface area (TPSA) is 88.0 Å². The van der Waals surface area contributed by atoms with Crippen molar-refractivity contribution in [3.63, 3.8) is 0 Å². The van der Waals surface area contributed by atoms with E-state index in [2.05, 4.69) is 33.4 Å². The van der Waals surface area contributed by atoms with Crippen LogP contribution < -0.4 is 19.7 Å². The van der Waals surface area contributed by atoms with Gasteiger partial charge in [0.05, 0.1) is 31.0 Å². The Kier molecular flexibility index (Phi) is 9.03. The predicted molar refractivity (Wildman–Crippen MR) is 152 cm³/mol. The van der Waals surface area contributed by atoms with Crippen molar-refractivity contribution in [3.8, 4) is 11.5 Å². The summed E-state index contributed by atoms with van der Waals surface area (Å²) in [5.74, 6) is 1.48. The summed E-state index contributed by atoms with van der Waals surface area (Å²) in [6.45, 7) is 7.61. The largest absolute Gasteiger partial charge is 0.490 e. The second kappa shape index (κ2) is 12.8. The van der Waals surface area contributed by atoms with Crippen LogP contribution in [0.4, 0.5) is 5.69 Å². The van der Waals surface area contributed by atoms with Crippen molar-refractivity contribution >= 4 is 11.7 Å². The van der Waals surface area contributed by atoms with E-state index < -0.39 is 6.10 Å². The lowest BCUT2D eigenvalue weighted by Crippen LogP contribution is -2.49. The van der Waals surface area contributed by atoms with Gasteiger partial charge in [-0.15, -0.1) is 0 Å². The molecule has 0 spiro atoms. The number of nitrogens with zero attached hydrogens (tertiary/aromatic N) is 3. The molecule has 0 bridgehead atoms. The van der Waals surface area contributed by atoms with Crippen LogP contribution in [0.15, 0.2) is 59.2 Å². The summed E-state index contributed by atoms with van der Waals surface area (Å²) in [4.78, 5) is 8.82. The highest BCUT2D eigenvalue weighted by molar-refractivity contribution is 5.78. The molecule has 2 aromatic carbocycles. The molecule has 9 heteroatoms. The Morgan fingerprint density at radius 2 is 2.00 bits per heavy atom. The number of hydrogen-bond donors (Lipinski definition) is 2. The number of allylic oxidation sites excluding steroid dienone is 1. The lowest BCUT2D eigenvalue weighted by molar-refractivity contribution is -0.0328. The normalized spacial score (nSPS) is 23.0. The lowest BCUT2D eigenvalue weighted by atomic mass is 9.85. The third kappa shape index (κ3) is 6.73. The van der Waals surface area contributed by atoms with E-state index in [-0.39, 0.29) is 12.0 Å². The van der Waals surface area contributed by atoms with Gasteiger partial charge in [-0.05, 0) is 54.8 Å². The number of nitrogens with one attached hydrogen (secondary N) is 1. The maximum Gasteiger partial charge on any atom is 0.297 e. The van der Waals surface area contributed by atoms with Crippen molar-refractivity contribution in [2.24, 2.45) is 4.99 Å². The minimum absolute atomic E-state index is 0.147. The number of likely N-dealkylation sites (N-methyl/N-ethyl adjacent to an activating group) is 1. The molecule has 9 nitrogen and oxygen atoms in total. The van der Waals surface area contributed by atoms with Crippen molar-refractivity contribution in [2.75, 3.05) is 65.0 Å². The van der Waals surface area contributed by atoms with Crippen LogP contribution in [-0.2, 0) is 16.1 Å². The molecule has 0 aliphatic carbocycles. The van der Waals surface area contributed by atoms with E-state index in [0.717, 1.165) is 60.9 Å². The summed E-state index contributed by atoms with van der Waals surface area (Å²) in [6, 6.07) is 14.8. The van der Waals surface area contributed by atoms with Gasteiger partial charge in [0.2, 0.25) is 0 Å². The average Bonchev–Trinajstić information content (AvgIpc) is 2.95. The maximum atomic E-state index is 10.9. The summed E-state index contributed by atoms with van der Waals surface area (Å²) in [7, 11) is 3.69. The van der Waals surface area contributed by atoms with Crippen molar-refractivity contribution in [1.82, 2.24) is 10.2 Å². The second-order valence-electron chi connectivity index (χ2n) is 10.4. The van der Waals surface area contributed by atoms with Gasteiger partial charge >= 0.3 is 0 Å². The fourth-order valence-electron chi connectivity index (χ4n) is 5.31. The Morgan fingerprint density at radius 1 is 1.15 bits per heavy atom. The van der Waals surface area contributed by atoms with Crippen LogP contribution in [0.5, 0.6) is 11.5 Å². The molecule has 0 aromatic heterocycles. The molecule has 210 valence electrons. The van der Waals surface area contributed by atoms with Crippen molar-refractivity contribution in [2.45, 2.75) is 38.1 Å². The fraction of sp³-hybridized carbons (Fsp3) is 0.500. The summed E-state index contributed by atoms with van der Waals surface area (Å²) >= 11 is 0. The van der Waals surface area contributed by atoms with E-state index in [0.29, 0.717) is 38.1 Å². The van der Waals surface area contributed by atoms with Gasteiger partial charge in [-0.3, -0.25) is 0 Å². The molecule has 0 saturated carbocycles.